The van der Waals surface area contributed by atoms with Crippen LogP contribution in [0.2, 0.25) is 0 Å². The van der Waals surface area contributed by atoms with Gasteiger partial charge in [-0.3, -0.25) is 4.57 Å². The van der Waals surface area contributed by atoms with Crippen molar-refractivity contribution in [2.24, 2.45) is 4.99 Å². The molecule has 26 heavy (non-hydrogen) atoms. The largest absolute Gasteiger partial charge is 0.416 e. The predicted molar refractivity (Wildman–Crippen MR) is 93.4 cm³/mol. The van der Waals surface area contributed by atoms with Crippen LogP contribution in [0.5, 0.6) is 0 Å². The molecule has 0 radical (unpaired) electrons. The second kappa shape index (κ2) is 7.24. The molecule has 9 heteroatoms. The molecule has 0 N–H and O–H groups in total. The first-order chi connectivity index (χ1) is 12.2. The number of urea groups is 1. The van der Waals surface area contributed by atoms with E-state index in [0.29, 0.717) is 23.6 Å². The van der Waals surface area contributed by atoms with Gasteiger partial charge in [0.2, 0.25) is 0 Å². The number of nitrogens with zero attached hydrogens (tertiary/aromatic N) is 4. The lowest BCUT2D eigenvalue weighted by molar-refractivity contribution is -0.137. The first-order valence-corrected chi connectivity index (χ1v) is 8.94. The maximum absolute atomic E-state index is 12.7. The maximum atomic E-state index is 12.7. The van der Waals surface area contributed by atoms with Crippen molar-refractivity contribution in [2.75, 3.05) is 33.2 Å². The molecule has 1 fully saturated rings. The van der Waals surface area contributed by atoms with Gasteiger partial charge in [0.05, 0.1) is 5.56 Å². The van der Waals surface area contributed by atoms with E-state index in [1.54, 1.807) is 15.7 Å². The van der Waals surface area contributed by atoms with E-state index in [1.165, 1.54) is 23.5 Å². The van der Waals surface area contributed by atoms with Crippen LogP contribution >= 0.6 is 11.3 Å². The number of likely N-dealkylation sites (N-methyl/N-ethyl adjacent to an activating group) is 1. The Kier molecular flexibility index (Phi) is 5.19. The zero-order valence-electron chi connectivity index (χ0n) is 14.5. The van der Waals surface area contributed by atoms with E-state index >= 15 is 0 Å². The number of rotatable bonds is 1. The average Bonchev–Trinajstić information content (AvgIpc) is 2.95. The number of aryl methyl sites for hydroxylation is 1. The molecule has 140 valence electrons. The zero-order chi connectivity index (χ0) is 18.9. The van der Waals surface area contributed by atoms with Crippen molar-refractivity contribution in [1.29, 1.82) is 0 Å². The Morgan fingerprint density at radius 1 is 1.12 bits per heavy atom. The summed E-state index contributed by atoms with van der Waals surface area (Å²) in [6, 6.07) is 4.51. The summed E-state index contributed by atoms with van der Waals surface area (Å²) in [6.07, 6.45) is -2.61. The van der Waals surface area contributed by atoms with E-state index in [-0.39, 0.29) is 6.03 Å². The van der Waals surface area contributed by atoms with Crippen molar-refractivity contribution in [3.05, 3.63) is 45.7 Å². The Morgan fingerprint density at radius 2 is 1.73 bits per heavy atom. The van der Waals surface area contributed by atoms with Crippen molar-refractivity contribution >= 4 is 17.4 Å². The number of benzene rings is 1. The fourth-order valence-corrected chi connectivity index (χ4v) is 3.51. The van der Waals surface area contributed by atoms with Crippen LogP contribution in [0.25, 0.3) is 5.69 Å². The van der Waals surface area contributed by atoms with Crippen LogP contribution in [0.1, 0.15) is 10.4 Å². The molecule has 5 nitrogen and oxygen atoms in total. The number of carbonyl (C=O) groups is 1. The Balaban J connectivity index is 1.89. The minimum absolute atomic E-state index is 0.319. The third-order valence-corrected chi connectivity index (χ3v) is 5.11. The second-order valence-electron chi connectivity index (χ2n) is 6.22. The summed E-state index contributed by atoms with van der Waals surface area (Å²) in [5, 5.41) is 0. The van der Waals surface area contributed by atoms with Gasteiger partial charge in [-0.15, -0.1) is 11.3 Å². The summed E-state index contributed by atoms with van der Waals surface area (Å²) in [5.74, 6) is 0. The Bertz CT molecular complexity index is 846. The SMILES string of the molecule is Cc1cn(-c2ccc(C(F)(F)F)cc2)/c(=N/C(=O)N2CCN(C)CC2)s1. The standard InChI is InChI=1S/C17H19F3N4OS/c1-12-11-24(14-5-3-13(4-6-14)17(18,19)20)16(26-12)21-15(25)23-9-7-22(2)8-10-23/h3-6,11H,7-10H2,1-2H3/b21-16-. The summed E-state index contributed by atoms with van der Waals surface area (Å²) in [4.78, 5) is 21.8. The molecule has 0 spiro atoms. The van der Waals surface area contributed by atoms with Gasteiger partial charge in [0.15, 0.2) is 4.80 Å². The molecule has 1 aliphatic heterocycles. The first kappa shape index (κ1) is 18.7. The third kappa shape index (κ3) is 4.16. The van der Waals surface area contributed by atoms with E-state index in [2.05, 4.69) is 9.89 Å². The fraction of sp³-hybridized carbons (Fsp3) is 0.412. The normalized spacial score (nSPS) is 17.0. The minimum Gasteiger partial charge on any atom is -0.320 e. The molecule has 0 atom stereocenters. The molecule has 0 bridgehead atoms. The molecule has 3 rings (SSSR count). The third-order valence-electron chi connectivity index (χ3n) is 4.21. The number of carbonyl (C=O) groups excluding carboxylic acids is 1. The number of aromatic nitrogens is 1. The lowest BCUT2D eigenvalue weighted by atomic mass is 10.2. The van der Waals surface area contributed by atoms with Crippen LogP contribution in [0.3, 0.4) is 0 Å². The zero-order valence-corrected chi connectivity index (χ0v) is 15.3. The molecule has 1 saturated heterocycles. The van der Waals surface area contributed by atoms with Crippen molar-refractivity contribution in [3.63, 3.8) is 0 Å². The molecule has 0 saturated carbocycles. The Morgan fingerprint density at radius 3 is 2.31 bits per heavy atom. The number of thiazole rings is 1. The van der Waals surface area contributed by atoms with Gasteiger partial charge < -0.3 is 9.80 Å². The van der Waals surface area contributed by atoms with E-state index in [0.717, 1.165) is 30.1 Å². The highest BCUT2D eigenvalue weighted by atomic mass is 32.1. The van der Waals surface area contributed by atoms with Gasteiger partial charge in [0, 0.05) is 42.9 Å². The molecule has 1 aromatic heterocycles. The quantitative estimate of drug-likeness (QED) is 0.758. The molecular weight excluding hydrogens is 365 g/mol. The van der Waals surface area contributed by atoms with Gasteiger partial charge in [0.25, 0.3) is 0 Å². The van der Waals surface area contributed by atoms with Crippen molar-refractivity contribution in [2.45, 2.75) is 13.1 Å². The van der Waals surface area contributed by atoms with Gasteiger partial charge in [-0.25, -0.2) is 4.79 Å². The van der Waals surface area contributed by atoms with Crippen molar-refractivity contribution in [1.82, 2.24) is 14.4 Å². The van der Waals surface area contributed by atoms with E-state index in [4.69, 9.17) is 0 Å². The lowest BCUT2D eigenvalue weighted by Gasteiger charge is -2.30. The highest BCUT2D eigenvalue weighted by Gasteiger charge is 2.30. The van der Waals surface area contributed by atoms with Gasteiger partial charge in [0.1, 0.15) is 0 Å². The fourth-order valence-electron chi connectivity index (χ4n) is 2.68. The first-order valence-electron chi connectivity index (χ1n) is 8.13. The highest BCUT2D eigenvalue weighted by molar-refractivity contribution is 7.09. The molecule has 0 unspecified atom stereocenters. The molecule has 0 aliphatic carbocycles. The predicted octanol–water partition coefficient (Wildman–Crippen LogP) is 3.13. The van der Waals surface area contributed by atoms with E-state index in [1.807, 2.05) is 14.0 Å². The summed E-state index contributed by atoms with van der Waals surface area (Å²) >= 11 is 1.33. The lowest BCUT2D eigenvalue weighted by Crippen LogP contribution is -2.46. The van der Waals surface area contributed by atoms with E-state index < -0.39 is 11.7 Å². The minimum atomic E-state index is -4.38. The summed E-state index contributed by atoms with van der Waals surface area (Å²) < 4.78 is 39.8. The molecule has 1 aliphatic rings. The number of alkyl halides is 3. The van der Waals surface area contributed by atoms with Gasteiger partial charge in [-0.05, 0) is 38.2 Å². The number of halogens is 3. The Labute approximate surface area is 153 Å². The number of hydrogen-bond donors (Lipinski definition) is 0. The Hall–Kier alpha value is -2.13. The summed E-state index contributed by atoms with van der Waals surface area (Å²) in [7, 11) is 2.00. The monoisotopic (exact) mass is 384 g/mol. The van der Waals surface area contributed by atoms with Gasteiger partial charge in [-0.1, -0.05) is 0 Å². The molecule has 1 aromatic carbocycles. The van der Waals surface area contributed by atoms with Crippen molar-refractivity contribution in [3.8, 4) is 5.69 Å². The maximum Gasteiger partial charge on any atom is 0.416 e. The smallest absolute Gasteiger partial charge is 0.320 e. The van der Waals surface area contributed by atoms with E-state index in [9.17, 15) is 18.0 Å². The highest BCUT2D eigenvalue weighted by Crippen LogP contribution is 2.29. The van der Waals surface area contributed by atoms with Crippen LogP contribution in [0, 0.1) is 6.92 Å². The van der Waals surface area contributed by atoms with Gasteiger partial charge >= 0.3 is 12.2 Å². The topological polar surface area (TPSA) is 40.8 Å². The van der Waals surface area contributed by atoms with Crippen LogP contribution in [0.4, 0.5) is 18.0 Å². The second-order valence-corrected chi connectivity index (χ2v) is 7.44. The van der Waals surface area contributed by atoms with Crippen LogP contribution in [0.15, 0.2) is 35.5 Å². The average molecular weight is 384 g/mol. The van der Waals surface area contributed by atoms with Crippen LogP contribution in [-0.4, -0.2) is 53.6 Å². The van der Waals surface area contributed by atoms with Crippen LogP contribution < -0.4 is 4.80 Å². The molecular formula is C17H19F3N4OS. The number of piperazine rings is 1. The summed E-state index contributed by atoms with van der Waals surface area (Å²) in [6.45, 7) is 4.69. The molecule has 2 heterocycles. The van der Waals surface area contributed by atoms with Gasteiger partial charge in [-0.2, -0.15) is 18.2 Å². The molecule has 2 aromatic rings. The number of hydrogen-bond acceptors (Lipinski definition) is 3. The molecule has 2 amide bonds. The van der Waals surface area contributed by atoms with Crippen molar-refractivity contribution < 1.29 is 18.0 Å². The summed E-state index contributed by atoms with van der Waals surface area (Å²) in [5.41, 5.74) is -0.173. The van der Waals surface area contributed by atoms with Crippen LogP contribution in [-0.2, 0) is 6.18 Å². The number of amides is 2.